The minimum absolute atomic E-state index is 1.09. The molecule has 11 aromatic rings. The summed E-state index contributed by atoms with van der Waals surface area (Å²) >= 11 is 0. The zero-order valence-corrected chi connectivity index (χ0v) is 31.8. The first-order valence-corrected chi connectivity index (χ1v) is 19.9. The fourth-order valence-electron chi connectivity index (χ4n) is 8.88. The van der Waals surface area contributed by atoms with Gasteiger partial charge in [-0.1, -0.05) is 170 Å². The largest absolute Gasteiger partial charge is 0.310 e. The van der Waals surface area contributed by atoms with Crippen LogP contribution in [0.4, 0.5) is 17.1 Å². The van der Waals surface area contributed by atoms with Gasteiger partial charge in [-0.15, -0.1) is 0 Å². The number of nitrogens with zero attached hydrogens (tertiary/aromatic N) is 2. The van der Waals surface area contributed by atoms with Crippen LogP contribution in [-0.2, 0) is 0 Å². The van der Waals surface area contributed by atoms with E-state index in [1.807, 2.05) is 0 Å². The highest BCUT2D eigenvalue weighted by atomic mass is 15.1. The first-order valence-electron chi connectivity index (χ1n) is 19.9. The molecule has 11 rings (SSSR count). The summed E-state index contributed by atoms with van der Waals surface area (Å²) in [5, 5.41) is 7.47. The van der Waals surface area contributed by atoms with Crippen molar-refractivity contribution in [3.05, 3.63) is 231 Å². The molecule has 2 heteroatoms. The molecule has 0 amide bonds. The maximum absolute atomic E-state index is 2.41. The minimum Gasteiger partial charge on any atom is -0.310 e. The zero-order valence-electron chi connectivity index (χ0n) is 31.8. The van der Waals surface area contributed by atoms with Crippen molar-refractivity contribution in [2.75, 3.05) is 4.90 Å². The van der Waals surface area contributed by atoms with E-state index in [0.29, 0.717) is 0 Å². The Kier molecular flexibility index (Phi) is 8.19. The summed E-state index contributed by atoms with van der Waals surface area (Å²) in [4.78, 5) is 2.41. The summed E-state index contributed by atoms with van der Waals surface area (Å²) in [7, 11) is 0. The standard InChI is InChI=1S/C56H38N2/c1-4-15-39(16-5-1)49-36-35-47(38-52(49)40-17-6-2-7-18-40)57(46-34-31-43-28-27-41-19-10-11-22-48(41)53(43)37-46)45-32-29-42(30-33-45)50-24-14-26-55-56(50)51-23-12-13-25-54(51)58(55)44-20-8-3-9-21-44/h1-38H. The predicted molar refractivity (Wildman–Crippen MR) is 247 cm³/mol. The number of hydrogen-bond donors (Lipinski definition) is 0. The maximum atomic E-state index is 2.41. The van der Waals surface area contributed by atoms with Crippen LogP contribution >= 0.6 is 0 Å². The van der Waals surface area contributed by atoms with Crippen LogP contribution in [0.15, 0.2) is 231 Å². The molecule has 0 unspecified atom stereocenters. The molecule has 58 heavy (non-hydrogen) atoms. The molecule has 272 valence electrons. The Bertz CT molecular complexity index is 3250. The van der Waals surface area contributed by atoms with E-state index in [1.165, 1.54) is 76.7 Å². The molecule has 0 aliphatic carbocycles. The molecule has 0 radical (unpaired) electrons. The smallest absolute Gasteiger partial charge is 0.0547 e. The third-order valence-electron chi connectivity index (χ3n) is 11.6. The Balaban J connectivity index is 1.10. The summed E-state index contributed by atoms with van der Waals surface area (Å²) in [5.41, 5.74) is 14.0. The second-order valence-corrected chi connectivity index (χ2v) is 14.9. The Morgan fingerprint density at radius 2 is 0.828 bits per heavy atom. The zero-order chi connectivity index (χ0) is 38.4. The van der Waals surface area contributed by atoms with Gasteiger partial charge in [-0.3, -0.25) is 0 Å². The third-order valence-corrected chi connectivity index (χ3v) is 11.6. The summed E-state index contributed by atoms with van der Waals surface area (Å²) in [5.74, 6) is 0. The van der Waals surface area contributed by atoms with Gasteiger partial charge in [0.2, 0.25) is 0 Å². The second kappa shape index (κ2) is 14.1. The van der Waals surface area contributed by atoms with Gasteiger partial charge >= 0.3 is 0 Å². The van der Waals surface area contributed by atoms with E-state index in [1.54, 1.807) is 0 Å². The lowest BCUT2D eigenvalue weighted by molar-refractivity contribution is 1.18. The normalized spacial score (nSPS) is 11.4. The highest BCUT2D eigenvalue weighted by Gasteiger charge is 2.19. The third kappa shape index (κ3) is 5.74. The van der Waals surface area contributed by atoms with Crippen molar-refractivity contribution < 1.29 is 0 Å². The fourth-order valence-corrected chi connectivity index (χ4v) is 8.88. The van der Waals surface area contributed by atoms with Crippen molar-refractivity contribution in [1.29, 1.82) is 0 Å². The van der Waals surface area contributed by atoms with Gasteiger partial charge in [0.1, 0.15) is 0 Å². The van der Waals surface area contributed by atoms with E-state index in [-0.39, 0.29) is 0 Å². The van der Waals surface area contributed by atoms with Crippen molar-refractivity contribution >= 4 is 60.4 Å². The number of anilines is 3. The topological polar surface area (TPSA) is 8.17 Å². The molecular formula is C56H38N2. The average molecular weight is 739 g/mol. The number of benzene rings is 10. The molecule has 0 aliphatic rings. The lowest BCUT2D eigenvalue weighted by Gasteiger charge is -2.27. The Morgan fingerprint density at radius 1 is 0.293 bits per heavy atom. The van der Waals surface area contributed by atoms with Crippen molar-refractivity contribution in [2.24, 2.45) is 0 Å². The number of para-hydroxylation sites is 2. The molecule has 0 N–H and O–H groups in total. The van der Waals surface area contributed by atoms with E-state index in [4.69, 9.17) is 0 Å². The van der Waals surface area contributed by atoms with E-state index < -0.39 is 0 Å². The van der Waals surface area contributed by atoms with Gasteiger partial charge in [-0.05, 0) is 116 Å². The van der Waals surface area contributed by atoms with Gasteiger partial charge in [0, 0.05) is 33.5 Å². The van der Waals surface area contributed by atoms with Crippen LogP contribution in [0, 0.1) is 0 Å². The SMILES string of the molecule is c1ccc(-c2ccc(N(c3ccc(-c4cccc5c4c4ccccc4n5-c4ccccc4)cc3)c3ccc4ccc5ccccc5c4c3)cc2-c2ccccc2)cc1. The molecule has 1 aromatic heterocycles. The van der Waals surface area contributed by atoms with Crippen molar-refractivity contribution in [2.45, 2.75) is 0 Å². The first kappa shape index (κ1) is 33.6. The molecular weight excluding hydrogens is 701 g/mol. The van der Waals surface area contributed by atoms with E-state index >= 15 is 0 Å². The lowest BCUT2D eigenvalue weighted by Crippen LogP contribution is -2.10. The van der Waals surface area contributed by atoms with Gasteiger partial charge in [-0.25, -0.2) is 0 Å². The molecule has 0 saturated carbocycles. The summed E-state index contributed by atoms with van der Waals surface area (Å²) in [6, 6.07) is 83.7. The molecule has 0 spiro atoms. The number of hydrogen-bond acceptors (Lipinski definition) is 1. The van der Waals surface area contributed by atoms with E-state index in [2.05, 4.69) is 240 Å². The molecule has 0 saturated heterocycles. The number of aromatic nitrogens is 1. The average Bonchev–Trinajstić information content (AvgIpc) is 3.65. The highest BCUT2D eigenvalue weighted by Crippen LogP contribution is 2.44. The monoisotopic (exact) mass is 738 g/mol. The molecule has 2 nitrogen and oxygen atoms in total. The lowest BCUT2D eigenvalue weighted by atomic mass is 9.93. The number of fused-ring (bicyclic) bond motifs is 6. The first-order chi connectivity index (χ1) is 28.8. The van der Waals surface area contributed by atoms with Crippen LogP contribution in [0.25, 0.3) is 82.4 Å². The van der Waals surface area contributed by atoms with Crippen LogP contribution < -0.4 is 4.90 Å². The van der Waals surface area contributed by atoms with Gasteiger partial charge in [0.25, 0.3) is 0 Å². The van der Waals surface area contributed by atoms with Crippen LogP contribution in [0.1, 0.15) is 0 Å². The van der Waals surface area contributed by atoms with Crippen LogP contribution in [0.3, 0.4) is 0 Å². The van der Waals surface area contributed by atoms with E-state index in [0.717, 1.165) is 22.7 Å². The minimum atomic E-state index is 1.09. The summed E-state index contributed by atoms with van der Waals surface area (Å²) < 4.78 is 2.39. The highest BCUT2D eigenvalue weighted by molar-refractivity contribution is 6.16. The summed E-state index contributed by atoms with van der Waals surface area (Å²) in [6.45, 7) is 0. The van der Waals surface area contributed by atoms with Crippen molar-refractivity contribution in [3.63, 3.8) is 0 Å². The Labute approximate surface area is 338 Å². The second-order valence-electron chi connectivity index (χ2n) is 14.9. The van der Waals surface area contributed by atoms with Gasteiger partial charge in [-0.2, -0.15) is 0 Å². The quantitative estimate of drug-likeness (QED) is 0.148. The maximum Gasteiger partial charge on any atom is 0.0547 e. The van der Waals surface area contributed by atoms with Crippen molar-refractivity contribution in [1.82, 2.24) is 4.57 Å². The van der Waals surface area contributed by atoms with Crippen LogP contribution in [0.5, 0.6) is 0 Å². The Morgan fingerprint density at radius 3 is 1.59 bits per heavy atom. The van der Waals surface area contributed by atoms with Crippen LogP contribution in [0.2, 0.25) is 0 Å². The molecule has 0 bridgehead atoms. The van der Waals surface area contributed by atoms with Gasteiger partial charge < -0.3 is 9.47 Å². The van der Waals surface area contributed by atoms with Gasteiger partial charge in [0.05, 0.1) is 11.0 Å². The molecule has 0 aliphatic heterocycles. The number of rotatable bonds is 7. The molecule has 0 fully saturated rings. The van der Waals surface area contributed by atoms with Crippen molar-refractivity contribution in [3.8, 4) is 39.1 Å². The predicted octanol–water partition coefficient (Wildman–Crippen LogP) is 15.6. The van der Waals surface area contributed by atoms with E-state index in [9.17, 15) is 0 Å². The summed E-state index contributed by atoms with van der Waals surface area (Å²) in [6.07, 6.45) is 0. The molecule has 1 heterocycles. The van der Waals surface area contributed by atoms with Gasteiger partial charge in [0.15, 0.2) is 0 Å². The fraction of sp³-hybridized carbons (Fsp3) is 0. The Hall–Kier alpha value is -7.68. The molecule has 10 aromatic carbocycles. The van der Waals surface area contributed by atoms with Crippen LogP contribution in [-0.4, -0.2) is 4.57 Å². The molecule has 0 atom stereocenters.